The van der Waals surface area contributed by atoms with Gasteiger partial charge < -0.3 is 14.7 Å². The minimum atomic E-state index is -0.130. The molecule has 0 saturated carbocycles. The van der Waals surface area contributed by atoms with Crippen molar-refractivity contribution >= 4 is 5.91 Å². The van der Waals surface area contributed by atoms with Crippen LogP contribution in [0.15, 0.2) is 4.52 Å². The number of likely N-dealkylation sites (N-methyl/N-ethyl adjacent to an activating group) is 1. The molecule has 2 rings (SSSR count). The lowest BCUT2D eigenvalue weighted by Gasteiger charge is -2.22. The Morgan fingerprint density at radius 3 is 3.12 bits per heavy atom. The maximum atomic E-state index is 12.1. The number of carbonyl (C=O) groups is 1. The van der Waals surface area contributed by atoms with Gasteiger partial charge in [0.15, 0.2) is 0 Å². The molecule has 6 nitrogen and oxygen atoms in total. The van der Waals surface area contributed by atoms with Crippen LogP contribution in [0.5, 0.6) is 0 Å². The summed E-state index contributed by atoms with van der Waals surface area (Å²) in [6, 6.07) is 0.247. The second-order valence-electron chi connectivity index (χ2n) is 3.99. The Labute approximate surface area is 94.0 Å². The number of hydrogen-bond acceptors (Lipinski definition) is 5. The number of likely N-dealkylation sites (tertiary alicyclic amines) is 1. The normalized spacial score (nSPS) is 20.4. The molecule has 1 unspecified atom stereocenters. The van der Waals surface area contributed by atoms with Gasteiger partial charge in [-0.1, -0.05) is 5.16 Å². The van der Waals surface area contributed by atoms with Crippen molar-refractivity contribution in [3.8, 4) is 0 Å². The number of nitrogens with one attached hydrogen (secondary N) is 1. The second kappa shape index (κ2) is 4.61. The van der Waals surface area contributed by atoms with Gasteiger partial charge in [-0.05, 0) is 19.9 Å². The second-order valence-corrected chi connectivity index (χ2v) is 3.99. The van der Waals surface area contributed by atoms with Crippen LogP contribution in [0, 0.1) is 6.92 Å². The predicted octanol–water partition coefficient (Wildman–Crippen LogP) is 0.202. The van der Waals surface area contributed by atoms with Crippen molar-refractivity contribution in [3.63, 3.8) is 0 Å². The zero-order valence-corrected chi connectivity index (χ0v) is 9.56. The van der Waals surface area contributed by atoms with Crippen LogP contribution in [-0.4, -0.2) is 47.1 Å². The van der Waals surface area contributed by atoms with Gasteiger partial charge >= 0.3 is 0 Å². The molecule has 0 aliphatic carbocycles. The molecule has 0 spiro atoms. The van der Waals surface area contributed by atoms with E-state index in [4.69, 9.17) is 4.52 Å². The summed E-state index contributed by atoms with van der Waals surface area (Å²) in [5, 5.41) is 6.75. The summed E-state index contributed by atoms with van der Waals surface area (Å²) >= 11 is 0. The molecule has 1 aliphatic rings. The van der Waals surface area contributed by atoms with Crippen LogP contribution >= 0.6 is 0 Å². The van der Waals surface area contributed by atoms with Gasteiger partial charge in [-0.25, -0.2) is 0 Å². The summed E-state index contributed by atoms with van der Waals surface area (Å²) in [7, 11) is 1.89. The predicted molar refractivity (Wildman–Crippen MR) is 57.0 cm³/mol. The highest BCUT2D eigenvalue weighted by atomic mass is 16.5. The van der Waals surface area contributed by atoms with Crippen molar-refractivity contribution in [2.45, 2.75) is 25.8 Å². The van der Waals surface area contributed by atoms with Crippen LogP contribution in [0.3, 0.4) is 0 Å². The first-order valence-corrected chi connectivity index (χ1v) is 5.48. The maximum Gasteiger partial charge on any atom is 0.295 e. The zero-order valence-electron chi connectivity index (χ0n) is 9.56. The molecule has 16 heavy (non-hydrogen) atoms. The maximum absolute atomic E-state index is 12.1. The molecule has 2 heterocycles. The lowest BCUT2D eigenvalue weighted by molar-refractivity contribution is 0.0721. The molecular weight excluding hydrogens is 208 g/mol. The Hall–Kier alpha value is -1.43. The van der Waals surface area contributed by atoms with Gasteiger partial charge in [-0.15, -0.1) is 0 Å². The molecule has 1 aromatic rings. The number of amides is 1. The van der Waals surface area contributed by atoms with Crippen LogP contribution in [0.25, 0.3) is 0 Å². The van der Waals surface area contributed by atoms with Crippen LogP contribution < -0.4 is 5.32 Å². The molecule has 0 aromatic carbocycles. The van der Waals surface area contributed by atoms with Gasteiger partial charge in [0.25, 0.3) is 11.7 Å². The van der Waals surface area contributed by atoms with E-state index in [1.165, 1.54) is 0 Å². The fourth-order valence-electron chi connectivity index (χ4n) is 2.07. The Bertz CT molecular complexity index is 377. The molecule has 1 aliphatic heterocycles. The quantitative estimate of drug-likeness (QED) is 0.794. The Morgan fingerprint density at radius 2 is 2.50 bits per heavy atom. The van der Waals surface area contributed by atoms with Gasteiger partial charge in [0, 0.05) is 26.1 Å². The lowest BCUT2D eigenvalue weighted by atomic mass is 10.2. The fraction of sp³-hybridized carbons (Fsp3) is 0.700. The van der Waals surface area contributed by atoms with Gasteiger partial charge in [-0.3, -0.25) is 4.79 Å². The number of carbonyl (C=O) groups excluding carboxylic acids is 1. The van der Waals surface area contributed by atoms with Gasteiger partial charge in [0.2, 0.25) is 5.89 Å². The van der Waals surface area contributed by atoms with Crippen LogP contribution in [0.1, 0.15) is 29.4 Å². The first-order valence-electron chi connectivity index (χ1n) is 5.48. The molecule has 1 aromatic heterocycles. The molecule has 88 valence electrons. The zero-order chi connectivity index (χ0) is 11.5. The minimum absolute atomic E-state index is 0.130. The smallest absolute Gasteiger partial charge is 0.295 e. The largest absolute Gasteiger partial charge is 0.339 e. The highest BCUT2D eigenvalue weighted by molar-refractivity contribution is 5.90. The molecule has 1 amide bonds. The van der Waals surface area contributed by atoms with Crippen molar-refractivity contribution in [3.05, 3.63) is 11.7 Å². The summed E-state index contributed by atoms with van der Waals surface area (Å²) in [5.74, 6) is 0.461. The third-order valence-corrected chi connectivity index (χ3v) is 2.80. The van der Waals surface area contributed by atoms with Gasteiger partial charge in [-0.2, -0.15) is 4.98 Å². The summed E-state index contributed by atoms with van der Waals surface area (Å²) in [5.41, 5.74) is 0. The molecule has 1 fully saturated rings. The molecule has 1 N–H and O–H groups in total. The Kier molecular flexibility index (Phi) is 3.19. The standard InChI is InChI=1S/C10H16N4O2/c1-7-12-9(13-16-7)10(15)14-5-3-4-8(14)6-11-2/h8,11H,3-6H2,1-2H3. The van der Waals surface area contributed by atoms with Gasteiger partial charge in [0.05, 0.1) is 0 Å². The summed E-state index contributed by atoms with van der Waals surface area (Å²) < 4.78 is 4.82. The fourth-order valence-corrected chi connectivity index (χ4v) is 2.07. The SMILES string of the molecule is CNCC1CCCN1C(=O)c1noc(C)n1. The van der Waals surface area contributed by atoms with Crippen molar-refractivity contribution in [1.82, 2.24) is 20.4 Å². The van der Waals surface area contributed by atoms with Crippen molar-refractivity contribution in [2.75, 3.05) is 20.1 Å². The van der Waals surface area contributed by atoms with Crippen LogP contribution in [0.4, 0.5) is 0 Å². The van der Waals surface area contributed by atoms with E-state index in [1.54, 1.807) is 6.92 Å². The van der Waals surface area contributed by atoms with E-state index in [0.29, 0.717) is 5.89 Å². The summed E-state index contributed by atoms with van der Waals surface area (Å²) in [4.78, 5) is 17.8. The van der Waals surface area contributed by atoms with E-state index < -0.39 is 0 Å². The molecular formula is C10H16N4O2. The third kappa shape index (κ3) is 2.06. The molecule has 1 atom stereocenters. The molecule has 0 bridgehead atoms. The average Bonchev–Trinajstić information content (AvgIpc) is 2.87. The van der Waals surface area contributed by atoms with E-state index in [1.807, 2.05) is 11.9 Å². The molecule has 0 radical (unpaired) electrons. The topological polar surface area (TPSA) is 71.3 Å². The first-order chi connectivity index (χ1) is 7.72. The lowest BCUT2D eigenvalue weighted by Crippen LogP contribution is -2.41. The monoisotopic (exact) mass is 224 g/mol. The number of aromatic nitrogens is 2. The highest BCUT2D eigenvalue weighted by Gasteiger charge is 2.31. The van der Waals surface area contributed by atoms with Crippen molar-refractivity contribution in [2.24, 2.45) is 0 Å². The average molecular weight is 224 g/mol. The number of rotatable bonds is 3. The highest BCUT2D eigenvalue weighted by Crippen LogP contribution is 2.18. The van der Waals surface area contributed by atoms with E-state index >= 15 is 0 Å². The first kappa shape index (κ1) is 11.1. The van der Waals surface area contributed by atoms with E-state index in [2.05, 4.69) is 15.5 Å². The number of hydrogen-bond donors (Lipinski definition) is 1. The minimum Gasteiger partial charge on any atom is -0.339 e. The van der Waals surface area contributed by atoms with Crippen LogP contribution in [-0.2, 0) is 0 Å². The summed E-state index contributed by atoms with van der Waals surface area (Å²) in [6.07, 6.45) is 2.07. The Morgan fingerprint density at radius 1 is 1.69 bits per heavy atom. The summed E-state index contributed by atoms with van der Waals surface area (Å²) in [6.45, 7) is 3.26. The van der Waals surface area contributed by atoms with E-state index in [9.17, 15) is 4.79 Å². The molecule has 6 heteroatoms. The molecule has 1 saturated heterocycles. The van der Waals surface area contributed by atoms with Crippen molar-refractivity contribution in [1.29, 1.82) is 0 Å². The van der Waals surface area contributed by atoms with Gasteiger partial charge in [0.1, 0.15) is 0 Å². The van der Waals surface area contributed by atoms with E-state index in [0.717, 1.165) is 25.9 Å². The van der Waals surface area contributed by atoms with E-state index in [-0.39, 0.29) is 17.8 Å². The van der Waals surface area contributed by atoms with Crippen molar-refractivity contribution < 1.29 is 9.32 Å². The third-order valence-electron chi connectivity index (χ3n) is 2.80. The van der Waals surface area contributed by atoms with Crippen LogP contribution in [0.2, 0.25) is 0 Å². The number of nitrogens with zero attached hydrogens (tertiary/aromatic N) is 3. The Balaban J connectivity index is 2.09. The number of aryl methyl sites for hydroxylation is 1.